The zero-order valence-corrected chi connectivity index (χ0v) is 16.3. The predicted molar refractivity (Wildman–Crippen MR) is 114 cm³/mol. The molecule has 0 aliphatic heterocycles. The van der Waals surface area contributed by atoms with Gasteiger partial charge in [-0.25, -0.2) is 4.98 Å². The largest absolute Gasteiger partial charge is 0.313 e. The fraction of sp³-hybridized carbons (Fsp3) is 0.182. The molecule has 0 atom stereocenters. The van der Waals surface area contributed by atoms with Crippen LogP contribution in [0.1, 0.15) is 34.3 Å². The number of anilines is 1. The lowest BCUT2D eigenvalue weighted by molar-refractivity contribution is 0.102. The van der Waals surface area contributed by atoms with Crippen molar-refractivity contribution in [3.63, 3.8) is 0 Å². The molecule has 2 aromatic heterocycles. The summed E-state index contributed by atoms with van der Waals surface area (Å²) in [6.45, 7) is 0. The third-order valence-electron chi connectivity index (χ3n) is 5.03. The molecule has 4 aromatic rings. The number of hydrogen-bond donors (Lipinski definition) is 1. The first kappa shape index (κ1) is 16.7. The molecular weight excluding hydrogens is 372 g/mol. The molecule has 2 heterocycles. The van der Waals surface area contributed by atoms with E-state index in [9.17, 15) is 4.79 Å². The molecule has 0 unspecified atom stereocenters. The second kappa shape index (κ2) is 6.91. The van der Waals surface area contributed by atoms with E-state index in [0.717, 1.165) is 44.2 Å². The monoisotopic (exact) mass is 390 g/mol. The summed E-state index contributed by atoms with van der Waals surface area (Å²) in [6.07, 6.45) is 4.67. The Labute approximate surface area is 165 Å². The predicted octanol–water partition coefficient (Wildman–Crippen LogP) is 6.16. The molecule has 1 aliphatic carbocycles. The maximum atomic E-state index is 12.8. The van der Waals surface area contributed by atoms with Gasteiger partial charge in [0.2, 0.25) is 0 Å². The van der Waals surface area contributed by atoms with Crippen molar-refractivity contribution in [1.82, 2.24) is 4.98 Å². The molecule has 3 nitrogen and oxygen atoms in total. The number of carbonyl (C=O) groups is 1. The lowest BCUT2D eigenvalue weighted by Gasteiger charge is -2.16. The van der Waals surface area contributed by atoms with Crippen molar-refractivity contribution < 1.29 is 4.79 Å². The quantitative estimate of drug-likeness (QED) is 0.455. The van der Waals surface area contributed by atoms with Crippen molar-refractivity contribution in [3.8, 4) is 10.6 Å². The van der Waals surface area contributed by atoms with Crippen LogP contribution in [-0.4, -0.2) is 10.9 Å². The summed E-state index contributed by atoms with van der Waals surface area (Å²) in [5.41, 5.74) is 5.44. The molecule has 0 saturated heterocycles. The lowest BCUT2D eigenvalue weighted by atomic mass is 9.90. The van der Waals surface area contributed by atoms with E-state index < -0.39 is 0 Å². The van der Waals surface area contributed by atoms with E-state index in [1.165, 1.54) is 24.0 Å². The standard InChI is InChI=1S/C22H18N2OS2/c25-20(16-10-9-14-5-1-2-6-15(14)13-16)24-21-17(11-12-26-21)22-23-18-7-3-4-8-19(18)27-22/h3-4,7-13H,1-2,5-6H2,(H,24,25). The van der Waals surface area contributed by atoms with E-state index in [2.05, 4.69) is 23.5 Å². The lowest BCUT2D eigenvalue weighted by Crippen LogP contribution is -2.13. The topological polar surface area (TPSA) is 42.0 Å². The molecular formula is C22H18N2OS2. The molecule has 0 radical (unpaired) electrons. The summed E-state index contributed by atoms with van der Waals surface area (Å²) in [5, 5.41) is 6.91. The molecule has 1 amide bonds. The zero-order valence-electron chi connectivity index (χ0n) is 14.7. The molecule has 2 aromatic carbocycles. The minimum absolute atomic E-state index is 0.0480. The third-order valence-corrected chi connectivity index (χ3v) is 6.93. The average molecular weight is 391 g/mol. The highest BCUT2D eigenvalue weighted by atomic mass is 32.1. The Kier molecular flexibility index (Phi) is 4.26. The highest BCUT2D eigenvalue weighted by molar-refractivity contribution is 7.22. The van der Waals surface area contributed by atoms with Crippen molar-refractivity contribution in [1.29, 1.82) is 0 Å². The number of rotatable bonds is 3. The van der Waals surface area contributed by atoms with Crippen LogP contribution in [0.4, 0.5) is 5.00 Å². The number of nitrogens with one attached hydrogen (secondary N) is 1. The number of thiophene rings is 1. The number of nitrogens with zero attached hydrogens (tertiary/aromatic N) is 1. The van der Waals surface area contributed by atoms with Crippen LogP contribution in [0.5, 0.6) is 0 Å². The van der Waals surface area contributed by atoms with Gasteiger partial charge < -0.3 is 5.32 Å². The highest BCUT2D eigenvalue weighted by Crippen LogP contribution is 2.38. The Hall–Kier alpha value is -2.50. The van der Waals surface area contributed by atoms with Crippen LogP contribution in [0, 0.1) is 0 Å². The van der Waals surface area contributed by atoms with Crippen LogP contribution in [0.25, 0.3) is 20.8 Å². The van der Waals surface area contributed by atoms with Crippen molar-refractivity contribution in [3.05, 3.63) is 70.6 Å². The van der Waals surface area contributed by atoms with Gasteiger partial charge >= 0.3 is 0 Å². The van der Waals surface area contributed by atoms with Crippen LogP contribution in [0.2, 0.25) is 0 Å². The van der Waals surface area contributed by atoms with Gasteiger partial charge in [-0.15, -0.1) is 22.7 Å². The number of para-hydroxylation sites is 1. The fourth-order valence-electron chi connectivity index (χ4n) is 3.61. The van der Waals surface area contributed by atoms with Crippen molar-refractivity contribution in [2.45, 2.75) is 25.7 Å². The van der Waals surface area contributed by atoms with Gasteiger partial charge in [0.05, 0.1) is 10.2 Å². The summed E-state index contributed by atoms with van der Waals surface area (Å²) in [4.78, 5) is 17.6. The van der Waals surface area contributed by atoms with Crippen LogP contribution in [-0.2, 0) is 12.8 Å². The zero-order chi connectivity index (χ0) is 18.2. The normalized spacial score (nSPS) is 13.5. The Morgan fingerprint density at radius 3 is 2.74 bits per heavy atom. The molecule has 1 aliphatic rings. The number of aromatic nitrogens is 1. The number of aryl methyl sites for hydroxylation is 2. The van der Waals surface area contributed by atoms with Gasteiger partial charge in [-0.1, -0.05) is 18.2 Å². The van der Waals surface area contributed by atoms with E-state index in [1.54, 1.807) is 22.7 Å². The summed E-state index contributed by atoms with van der Waals surface area (Å²) < 4.78 is 1.16. The first-order valence-corrected chi connectivity index (χ1v) is 10.8. The van der Waals surface area contributed by atoms with Gasteiger partial charge in [-0.2, -0.15) is 0 Å². The van der Waals surface area contributed by atoms with Crippen LogP contribution in [0.3, 0.4) is 0 Å². The first-order valence-electron chi connectivity index (χ1n) is 9.14. The summed E-state index contributed by atoms with van der Waals surface area (Å²) in [6, 6.07) is 16.3. The highest BCUT2D eigenvalue weighted by Gasteiger charge is 2.17. The molecule has 0 saturated carbocycles. The summed E-state index contributed by atoms with van der Waals surface area (Å²) >= 11 is 3.20. The molecule has 0 fully saturated rings. The maximum Gasteiger partial charge on any atom is 0.256 e. The molecule has 134 valence electrons. The maximum absolute atomic E-state index is 12.8. The summed E-state index contributed by atoms with van der Waals surface area (Å²) in [7, 11) is 0. The second-order valence-electron chi connectivity index (χ2n) is 6.79. The smallest absolute Gasteiger partial charge is 0.256 e. The van der Waals surface area contributed by atoms with Crippen LogP contribution >= 0.6 is 22.7 Å². The Balaban J connectivity index is 1.43. The van der Waals surface area contributed by atoms with Crippen molar-refractivity contribution in [2.75, 3.05) is 5.32 Å². The van der Waals surface area contributed by atoms with Crippen LogP contribution in [0.15, 0.2) is 53.9 Å². The molecule has 1 N–H and O–H groups in total. The number of benzene rings is 2. The molecule has 0 bridgehead atoms. The van der Waals surface area contributed by atoms with Gasteiger partial charge in [0, 0.05) is 11.1 Å². The number of amides is 1. The number of fused-ring (bicyclic) bond motifs is 2. The fourth-order valence-corrected chi connectivity index (χ4v) is 5.46. The molecule has 0 spiro atoms. The summed E-state index contributed by atoms with van der Waals surface area (Å²) in [5.74, 6) is -0.0480. The van der Waals surface area contributed by atoms with E-state index in [1.807, 2.05) is 35.7 Å². The van der Waals surface area contributed by atoms with Gasteiger partial charge in [0.15, 0.2) is 0 Å². The van der Waals surface area contributed by atoms with E-state index in [4.69, 9.17) is 4.98 Å². The average Bonchev–Trinajstić information content (AvgIpc) is 3.33. The Bertz CT molecular complexity index is 1110. The van der Waals surface area contributed by atoms with Gasteiger partial charge in [0.1, 0.15) is 10.0 Å². The van der Waals surface area contributed by atoms with Crippen molar-refractivity contribution in [2.24, 2.45) is 0 Å². The minimum Gasteiger partial charge on any atom is -0.313 e. The van der Waals surface area contributed by atoms with Gasteiger partial charge in [-0.05, 0) is 72.5 Å². The molecule has 5 heteroatoms. The second-order valence-corrected chi connectivity index (χ2v) is 8.74. The first-order chi connectivity index (χ1) is 13.3. The molecule has 5 rings (SSSR count). The SMILES string of the molecule is O=C(Nc1sccc1-c1nc2ccccc2s1)c1ccc2c(c1)CCCC2. The number of carbonyl (C=O) groups excluding carboxylic acids is 1. The van der Waals surface area contributed by atoms with E-state index in [0.29, 0.717) is 0 Å². The third kappa shape index (κ3) is 3.17. The van der Waals surface area contributed by atoms with E-state index >= 15 is 0 Å². The Morgan fingerprint density at radius 1 is 1.00 bits per heavy atom. The van der Waals surface area contributed by atoms with Crippen LogP contribution < -0.4 is 5.32 Å². The van der Waals surface area contributed by atoms with Crippen molar-refractivity contribution >= 4 is 43.8 Å². The van der Waals surface area contributed by atoms with E-state index in [-0.39, 0.29) is 5.91 Å². The van der Waals surface area contributed by atoms with Gasteiger partial charge in [0.25, 0.3) is 5.91 Å². The number of thiazole rings is 1. The molecule has 27 heavy (non-hydrogen) atoms. The number of hydrogen-bond acceptors (Lipinski definition) is 4. The minimum atomic E-state index is -0.0480. The van der Waals surface area contributed by atoms with Gasteiger partial charge in [-0.3, -0.25) is 4.79 Å². The Morgan fingerprint density at radius 2 is 1.85 bits per heavy atom.